The van der Waals surface area contributed by atoms with Gasteiger partial charge in [-0.05, 0) is 25.5 Å². The minimum absolute atomic E-state index is 0.114. The van der Waals surface area contributed by atoms with Crippen molar-refractivity contribution in [2.75, 3.05) is 57.0 Å². The molecule has 0 aliphatic carbocycles. The van der Waals surface area contributed by atoms with Crippen LogP contribution in [0.25, 0.3) is 0 Å². The molecule has 140 valence electrons. The largest absolute Gasteiger partial charge is 0.356 e. The van der Waals surface area contributed by atoms with Gasteiger partial charge in [0.25, 0.3) is 0 Å². The Morgan fingerprint density at radius 1 is 1.24 bits per heavy atom. The smallest absolute Gasteiger partial charge is 0.211 e. The minimum atomic E-state index is -3.11. The van der Waals surface area contributed by atoms with Gasteiger partial charge < -0.3 is 15.1 Å². The van der Waals surface area contributed by atoms with Gasteiger partial charge in [0.1, 0.15) is 5.82 Å². The van der Waals surface area contributed by atoms with Crippen LogP contribution < -0.4 is 14.9 Å². The van der Waals surface area contributed by atoms with Gasteiger partial charge in [0.15, 0.2) is 5.96 Å². The summed E-state index contributed by atoms with van der Waals surface area (Å²) in [5.74, 6) is 1.98. The van der Waals surface area contributed by atoms with Crippen LogP contribution >= 0.6 is 0 Å². The molecule has 0 radical (unpaired) electrons. The molecule has 2 N–H and O–H groups in total. The molecule has 1 aliphatic heterocycles. The molecular formula is C16H28N6O2S. The Kier molecular flexibility index (Phi) is 7.45. The number of rotatable bonds is 7. The predicted octanol–water partition coefficient (Wildman–Crippen LogP) is 0.108. The molecule has 0 amide bonds. The number of pyridine rings is 1. The lowest BCUT2D eigenvalue weighted by Gasteiger charge is -2.37. The van der Waals surface area contributed by atoms with Crippen molar-refractivity contribution < 1.29 is 8.42 Å². The lowest BCUT2D eigenvalue weighted by molar-refractivity contribution is 0.371. The van der Waals surface area contributed by atoms with E-state index in [0.29, 0.717) is 19.5 Å². The van der Waals surface area contributed by atoms with E-state index in [2.05, 4.69) is 29.8 Å². The Hall–Kier alpha value is -1.87. The number of aromatic nitrogens is 1. The van der Waals surface area contributed by atoms with Gasteiger partial charge in [0.05, 0.1) is 5.75 Å². The molecule has 0 saturated carbocycles. The van der Waals surface area contributed by atoms with Crippen molar-refractivity contribution in [3.05, 3.63) is 24.4 Å². The quantitative estimate of drug-likeness (QED) is 0.403. The first kappa shape index (κ1) is 19.5. The van der Waals surface area contributed by atoms with Crippen molar-refractivity contribution in [1.29, 1.82) is 0 Å². The highest BCUT2D eigenvalue weighted by molar-refractivity contribution is 7.89. The standard InChI is InChI=1S/C16H28N6O2S/c1-3-25(23,24)20-10-6-9-19-16(17-2)22-13-11-21(12-14-22)15-7-4-5-8-18-15/h4-5,7-8,20H,3,6,9-14H2,1-2H3,(H,17,19). The number of aliphatic imine (C=N–C) groups is 1. The van der Waals surface area contributed by atoms with Gasteiger partial charge in [-0.25, -0.2) is 18.1 Å². The highest BCUT2D eigenvalue weighted by atomic mass is 32.2. The maximum atomic E-state index is 11.4. The van der Waals surface area contributed by atoms with Crippen LogP contribution in [0, 0.1) is 0 Å². The molecule has 0 aromatic carbocycles. The zero-order chi connectivity index (χ0) is 18.1. The second-order valence-corrected chi connectivity index (χ2v) is 7.88. The number of sulfonamides is 1. The third-order valence-electron chi connectivity index (χ3n) is 4.10. The van der Waals surface area contributed by atoms with E-state index >= 15 is 0 Å². The summed E-state index contributed by atoms with van der Waals surface area (Å²) in [6.45, 7) is 6.29. The van der Waals surface area contributed by atoms with Gasteiger partial charge in [0.2, 0.25) is 10.0 Å². The van der Waals surface area contributed by atoms with Gasteiger partial charge >= 0.3 is 0 Å². The lowest BCUT2D eigenvalue weighted by atomic mass is 10.3. The highest BCUT2D eigenvalue weighted by Crippen LogP contribution is 2.12. The number of hydrogen-bond donors (Lipinski definition) is 2. The van der Waals surface area contributed by atoms with E-state index in [1.807, 2.05) is 24.4 Å². The second-order valence-electron chi connectivity index (χ2n) is 5.79. The first-order valence-corrected chi connectivity index (χ1v) is 10.3. The molecule has 2 heterocycles. The van der Waals surface area contributed by atoms with E-state index in [0.717, 1.165) is 38.0 Å². The molecule has 1 aromatic rings. The average molecular weight is 369 g/mol. The van der Waals surface area contributed by atoms with Crippen molar-refractivity contribution in [3.8, 4) is 0 Å². The summed E-state index contributed by atoms with van der Waals surface area (Å²) in [5, 5.41) is 3.30. The van der Waals surface area contributed by atoms with Crippen LogP contribution in [-0.4, -0.2) is 76.3 Å². The normalized spacial score (nSPS) is 16.2. The van der Waals surface area contributed by atoms with Gasteiger partial charge in [-0.2, -0.15) is 0 Å². The van der Waals surface area contributed by atoms with E-state index in [4.69, 9.17) is 0 Å². The summed E-state index contributed by atoms with van der Waals surface area (Å²) in [6.07, 6.45) is 2.53. The molecular weight excluding hydrogens is 340 g/mol. The summed E-state index contributed by atoms with van der Waals surface area (Å²) in [5.41, 5.74) is 0. The summed E-state index contributed by atoms with van der Waals surface area (Å²) >= 11 is 0. The number of piperazine rings is 1. The van der Waals surface area contributed by atoms with E-state index in [-0.39, 0.29) is 5.75 Å². The van der Waals surface area contributed by atoms with Gasteiger partial charge in [-0.15, -0.1) is 0 Å². The average Bonchev–Trinajstić information content (AvgIpc) is 2.65. The topological polar surface area (TPSA) is 89.9 Å². The molecule has 2 rings (SSSR count). The molecule has 8 nitrogen and oxygen atoms in total. The Bertz CT molecular complexity index is 642. The SMILES string of the molecule is CCS(=O)(=O)NCCCNC(=NC)N1CCN(c2ccccn2)CC1. The molecule has 0 unspecified atom stereocenters. The van der Waals surface area contributed by atoms with Crippen molar-refractivity contribution in [3.63, 3.8) is 0 Å². The van der Waals surface area contributed by atoms with Crippen molar-refractivity contribution in [2.45, 2.75) is 13.3 Å². The van der Waals surface area contributed by atoms with E-state index < -0.39 is 10.0 Å². The Morgan fingerprint density at radius 2 is 2.00 bits per heavy atom. The minimum Gasteiger partial charge on any atom is -0.356 e. The number of hydrogen-bond acceptors (Lipinski definition) is 5. The maximum Gasteiger partial charge on any atom is 0.211 e. The molecule has 1 aromatic heterocycles. The van der Waals surface area contributed by atoms with E-state index in [9.17, 15) is 8.42 Å². The monoisotopic (exact) mass is 368 g/mol. The zero-order valence-electron chi connectivity index (χ0n) is 15.0. The Morgan fingerprint density at radius 3 is 2.60 bits per heavy atom. The van der Waals surface area contributed by atoms with Gasteiger partial charge in [-0.3, -0.25) is 4.99 Å². The van der Waals surface area contributed by atoms with Crippen LogP contribution in [0.1, 0.15) is 13.3 Å². The van der Waals surface area contributed by atoms with Crippen molar-refractivity contribution in [1.82, 2.24) is 19.9 Å². The first-order chi connectivity index (χ1) is 12.1. The first-order valence-electron chi connectivity index (χ1n) is 8.64. The van der Waals surface area contributed by atoms with Gasteiger partial charge in [-0.1, -0.05) is 6.07 Å². The van der Waals surface area contributed by atoms with Crippen LogP contribution in [0.2, 0.25) is 0 Å². The molecule has 0 bridgehead atoms. The molecule has 1 fully saturated rings. The third-order valence-corrected chi connectivity index (χ3v) is 5.51. The summed E-state index contributed by atoms with van der Waals surface area (Å²) in [4.78, 5) is 13.2. The fraction of sp³-hybridized carbons (Fsp3) is 0.625. The highest BCUT2D eigenvalue weighted by Gasteiger charge is 2.20. The van der Waals surface area contributed by atoms with Crippen molar-refractivity contribution >= 4 is 21.8 Å². The Balaban J connectivity index is 1.72. The molecule has 0 atom stereocenters. The second kappa shape index (κ2) is 9.57. The maximum absolute atomic E-state index is 11.4. The summed E-state index contributed by atoms with van der Waals surface area (Å²) in [7, 11) is -1.34. The number of nitrogens with zero attached hydrogens (tertiary/aromatic N) is 4. The predicted molar refractivity (Wildman–Crippen MR) is 101 cm³/mol. The molecule has 9 heteroatoms. The fourth-order valence-electron chi connectivity index (χ4n) is 2.64. The molecule has 1 saturated heterocycles. The van der Waals surface area contributed by atoms with E-state index in [1.165, 1.54) is 0 Å². The van der Waals surface area contributed by atoms with Crippen LogP contribution in [0.15, 0.2) is 29.4 Å². The summed E-state index contributed by atoms with van der Waals surface area (Å²) in [6, 6.07) is 5.95. The summed E-state index contributed by atoms with van der Waals surface area (Å²) < 4.78 is 25.3. The van der Waals surface area contributed by atoms with Crippen LogP contribution in [-0.2, 0) is 10.0 Å². The zero-order valence-corrected chi connectivity index (χ0v) is 15.8. The molecule has 0 spiro atoms. The van der Waals surface area contributed by atoms with Crippen molar-refractivity contribution in [2.24, 2.45) is 4.99 Å². The number of anilines is 1. The number of nitrogens with one attached hydrogen (secondary N) is 2. The molecule has 1 aliphatic rings. The third kappa shape index (κ3) is 6.17. The fourth-order valence-corrected chi connectivity index (χ4v) is 3.30. The van der Waals surface area contributed by atoms with Crippen LogP contribution in [0.4, 0.5) is 5.82 Å². The number of guanidine groups is 1. The lowest BCUT2D eigenvalue weighted by Crippen LogP contribution is -2.53. The van der Waals surface area contributed by atoms with Crippen LogP contribution in [0.3, 0.4) is 0 Å². The Labute approximate surface area is 150 Å². The molecule has 25 heavy (non-hydrogen) atoms. The van der Waals surface area contributed by atoms with E-state index in [1.54, 1.807) is 14.0 Å². The van der Waals surface area contributed by atoms with Crippen LogP contribution in [0.5, 0.6) is 0 Å². The van der Waals surface area contributed by atoms with Gasteiger partial charge in [0, 0.05) is 52.5 Å².